The standard InChI is InChI=1S/C18H24N6O2/c1-12-22-23-17-6-3-13(11-24(12)17)10-20-18(19)21-14-4-5-15-16(9-14)26-8-2-7-25-15/h4-5,9,13H,2-3,6-8,10-11H2,1H3,(H3,19,20,21). The SMILES string of the molecule is Cc1nnc2n1CC(CN=C(N)Nc1ccc3c(c1)OCCCO3)CC2. The van der Waals surface area contributed by atoms with E-state index < -0.39 is 0 Å². The second kappa shape index (κ2) is 7.23. The van der Waals surface area contributed by atoms with Crippen molar-refractivity contribution in [3.63, 3.8) is 0 Å². The number of aromatic nitrogens is 3. The maximum absolute atomic E-state index is 6.07. The Morgan fingerprint density at radius 3 is 3.04 bits per heavy atom. The van der Waals surface area contributed by atoms with Crippen LogP contribution in [0.4, 0.5) is 5.69 Å². The highest BCUT2D eigenvalue weighted by Crippen LogP contribution is 2.32. The summed E-state index contributed by atoms with van der Waals surface area (Å²) in [6, 6.07) is 5.72. The number of guanidine groups is 1. The number of rotatable bonds is 3. The molecule has 3 heterocycles. The average Bonchev–Trinajstić information content (AvgIpc) is 2.86. The molecule has 1 atom stereocenters. The van der Waals surface area contributed by atoms with Crippen molar-refractivity contribution in [1.82, 2.24) is 14.8 Å². The van der Waals surface area contributed by atoms with E-state index in [1.165, 1.54) is 0 Å². The van der Waals surface area contributed by atoms with E-state index in [0.29, 0.717) is 31.6 Å². The van der Waals surface area contributed by atoms with Crippen molar-refractivity contribution in [1.29, 1.82) is 0 Å². The molecule has 1 aromatic carbocycles. The van der Waals surface area contributed by atoms with Crippen LogP contribution in [0.25, 0.3) is 0 Å². The molecule has 0 saturated heterocycles. The molecular weight excluding hydrogens is 332 g/mol. The van der Waals surface area contributed by atoms with Crippen molar-refractivity contribution in [2.24, 2.45) is 16.6 Å². The lowest BCUT2D eigenvalue weighted by Crippen LogP contribution is -2.27. The third kappa shape index (κ3) is 3.58. The molecule has 2 aliphatic rings. The summed E-state index contributed by atoms with van der Waals surface area (Å²) >= 11 is 0. The van der Waals surface area contributed by atoms with Gasteiger partial charge in [-0.3, -0.25) is 4.99 Å². The predicted molar refractivity (Wildman–Crippen MR) is 98.7 cm³/mol. The molecule has 1 aromatic heterocycles. The number of hydrogen-bond acceptors (Lipinski definition) is 5. The zero-order chi connectivity index (χ0) is 17.9. The smallest absolute Gasteiger partial charge is 0.193 e. The van der Waals surface area contributed by atoms with Gasteiger partial charge < -0.3 is 25.1 Å². The molecule has 138 valence electrons. The summed E-state index contributed by atoms with van der Waals surface area (Å²) in [6.45, 7) is 4.90. The lowest BCUT2D eigenvalue weighted by molar-refractivity contribution is 0.297. The van der Waals surface area contributed by atoms with Crippen molar-refractivity contribution >= 4 is 11.6 Å². The fourth-order valence-electron chi connectivity index (χ4n) is 3.33. The van der Waals surface area contributed by atoms with Crippen LogP contribution in [-0.4, -0.2) is 40.5 Å². The molecule has 0 fully saturated rings. The Labute approximate surface area is 152 Å². The molecule has 8 heteroatoms. The number of ether oxygens (including phenoxy) is 2. The number of fused-ring (bicyclic) bond motifs is 2. The van der Waals surface area contributed by atoms with Crippen molar-refractivity contribution in [3.8, 4) is 11.5 Å². The predicted octanol–water partition coefficient (Wildman–Crippen LogP) is 1.74. The maximum atomic E-state index is 6.07. The zero-order valence-corrected chi connectivity index (χ0v) is 14.9. The van der Waals surface area contributed by atoms with E-state index in [1.54, 1.807) is 0 Å². The minimum atomic E-state index is 0.408. The molecule has 26 heavy (non-hydrogen) atoms. The number of nitrogens with one attached hydrogen (secondary N) is 1. The second-order valence-corrected chi connectivity index (χ2v) is 6.74. The fourth-order valence-corrected chi connectivity index (χ4v) is 3.33. The van der Waals surface area contributed by atoms with Crippen LogP contribution in [0.15, 0.2) is 23.2 Å². The van der Waals surface area contributed by atoms with Gasteiger partial charge in [-0.05, 0) is 31.4 Å². The molecule has 0 radical (unpaired) electrons. The molecule has 4 rings (SSSR count). The molecule has 0 amide bonds. The summed E-state index contributed by atoms with van der Waals surface area (Å²) in [5, 5.41) is 11.5. The molecule has 0 saturated carbocycles. The van der Waals surface area contributed by atoms with Crippen LogP contribution in [0.1, 0.15) is 24.5 Å². The number of hydrogen-bond donors (Lipinski definition) is 2. The summed E-state index contributed by atoms with van der Waals surface area (Å²) in [4.78, 5) is 4.52. The molecule has 3 N–H and O–H groups in total. The van der Waals surface area contributed by atoms with Crippen LogP contribution in [0.5, 0.6) is 11.5 Å². The minimum Gasteiger partial charge on any atom is -0.490 e. The lowest BCUT2D eigenvalue weighted by Gasteiger charge is -2.22. The largest absolute Gasteiger partial charge is 0.490 e. The molecule has 2 aliphatic heterocycles. The van der Waals surface area contributed by atoms with Crippen molar-refractivity contribution < 1.29 is 9.47 Å². The number of benzene rings is 1. The Balaban J connectivity index is 1.37. The van der Waals surface area contributed by atoms with Crippen LogP contribution in [-0.2, 0) is 13.0 Å². The van der Waals surface area contributed by atoms with Gasteiger partial charge in [0.15, 0.2) is 17.5 Å². The quantitative estimate of drug-likeness (QED) is 0.642. The highest BCUT2D eigenvalue weighted by Gasteiger charge is 2.21. The molecule has 8 nitrogen and oxygen atoms in total. The number of anilines is 1. The van der Waals surface area contributed by atoms with E-state index in [2.05, 4.69) is 25.1 Å². The van der Waals surface area contributed by atoms with Crippen molar-refractivity contribution in [3.05, 3.63) is 29.8 Å². The Morgan fingerprint density at radius 2 is 2.15 bits per heavy atom. The Bertz CT molecular complexity index is 816. The van der Waals surface area contributed by atoms with E-state index >= 15 is 0 Å². The van der Waals surface area contributed by atoms with Gasteiger partial charge in [0, 0.05) is 37.7 Å². The van der Waals surface area contributed by atoms with Gasteiger partial charge in [0.1, 0.15) is 11.6 Å². The topological polar surface area (TPSA) is 99.6 Å². The van der Waals surface area contributed by atoms with Gasteiger partial charge in [0.05, 0.1) is 13.2 Å². The average molecular weight is 356 g/mol. The first-order chi connectivity index (χ1) is 12.7. The van der Waals surface area contributed by atoms with Crippen LogP contribution in [0.3, 0.4) is 0 Å². The van der Waals surface area contributed by atoms with E-state index in [-0.39, 0.29) is 0 Å². The second-order valence-electron chi connectivity index (χ2n) is 6.74. The van der Waals surface area contributed by atoms with E-state index in [9.17, 15) is 0 Å². The molecular formula is C18H24N6O2. The highest BCUT2D eigenvalue weighted by molar-refractivity contribution is 5.92. The Kier molecular flexibility index (Phi) is 4.64. The number of nitrogens with two attached hydrogens (primary N) is 1. The van der Waals surface area contributed by atoms with E-state index in [4.69, 9.17) is 15.2 Å². The molecule has 0 bridgehead atoms. The van der Waals surface area contributed by atoms with E-state index in [1.807, 2.05) is 25.1 Å². The van der Waals surface area contributed by atoms with Gasteiger partial charge in [-0.15, -0.1) is 10.2 Å². The third-order valence-corrected chi connectivity index (χ3v) is 4.77. The third-order valence-electron chi connectivity index (χ3n) is 4.77. The first-order valence-corrected chi connectivity index (χ1v) is 9.04. The Hall–Kier alpha value is -2.77. The Morgan fingerprint density at radius 1 is 1.31 bits per heavy atom. The maximum Gasteiger partial charge on any atom is 0.193 e. The normalized spacial score (nSPS) is 19.6. The first kappa shape index (κ1) is 16.7. The number of aliphatic imine (C=N–C) groups is 1. The summed E-state index contributed by atoms with van der Waals surface area (Å²) in [5.41, 5.74) is 6.91. The number of aryl methyl sites for hydroxylation is 2. The lowest BCUT2D eigenvalue weighted by atomic mass is 9.99. The first-order valence-electron chi connectivity index (χ1n) is 9.04. The monoisotopic (exact) mass is 356 g/mol. The summed E-state index contributed by atoms with van der Waals surface area (Å²) in [5.74, 6) is 4.40. The van der Waals surface area contributed by atoms with Crippen LogP contribution >= 0.6 is 0 Å². The van der Waals surface area contributed by atoms with Gasteiger partial charge in [0.2, 0.25) is 0 Å². The number of nitrogens with zero attached hydrogens (tertiary/aromatic N) is 4. The summed E-state index contributed by atoms with van der Waals surface area (Å²) in [7, 11) is 0. The summed E-state index contributed by atoms with van der Waals surface area (Å²) in [6.07, 6.45) is 2.88. The molecule has 0 aliphatic carbocycles. The van der Waals surface area contributed by atoms with Crippen LogP contribution < -0.4 is 20.5 Å². The van der Waals surface area contributed by atoms with Crippen molar-refractivity contribution in [2.75, 3.05) is 25.1 Å². The van der Waals surface area contributed by atoms with Gasteiger partial charge in [-0.25, -0.2) is 0 Å². The zero-order valence-electron chi connectivity index (χ0n) is 14.9. The van der Waals surface area contributed by atoms with Gasteiger partial charge >= 0.3 is 0 Å². The van der Waals surface area contributed by atoms with E-state index in [0.717, 1.165) is 54.6 Å². The molecule has 1 unspecified atom stereocenters. The highest BCUT2D eigenvalue weighted by atomic mass is 16.5. The molecule has 0 spiro atoms. The fraction of sp³-hybridized carbons (Fsp3) is 0.500. The summed E-state index contributed by atoms with van der Waals surface area (Å²) < 4.78 is 13.5. The minimum absolute atomic E-state index is 0.408. The van der Waals surface area contributed by atoms with Gasteiger partial charge in [-0.1, -0.05) is 0 Å². The van der Waals surface area contributed by atoms with Crippen LogP contribution in [0.2, 0.25) is 0 Å². The molecule has 2 aromatic rings. The van der Waals surface area contributed by atoms with Crippen molar-refractivity contribution in [2.45, 2.75) is 32.7 Å². The van der Waals surface area contributed by atoms with Gasteiger partial charge in [-0.2, -0.15) is 0 Å². The van der Waals surface area contributed by atoms with Crippen LogP contribution in [0, 0.1) is 12.8 Å². The van der Waals surface area contributed by atoms with Gasteiger partial charge in [0.25, 0.3) is 0 Å².